The van der Waals surface area contributed by atoms with Gasteiger partial charge in [0, 0.05) is 30.4 Å². The Morgan fingerprint density at radius 1 is 1.36 bits per heavy atom. The Morgan fingerprint density at radius 2 is 2.23 bits per heavy atom. The van der Waals surface area contributed by atoms with Crippen LogP contribution in [0.5, 0.6) is 0 Å². The minimum atomic E-state index is -0.392. The average Bonchev–Trinajstić information content (AvgIpc) is 2.60. The van der Waals surface area contributed by atoms with Gasteiger partial charge in [-0.2, -0.15) is 0 Å². The van der Waals surface area contributed by atoms with E-state index in [4.69, 9.17) is 0 Å². The van der Waals surface area contributed by atoms with Crippen molar-refractivity contribution >= 4 is 11.3 Å². The van der Waals surface area contributed by atoms with Crippen LogP contribution in [0.2, 0.25) is 0 Å². The lowest BCUT2D eigenvalue weighted by Gasteiger charge is -2.51. The molecule has 2 N–H and O–H groups in total. The number of nitrogens with zero attached hydrogens (tertiary/aromatic N) is 1. The standard InChI is InChI=1S/C19H24N2O/c1-2-13-12-21-10-8-14(13)11-18(21)19(22)16-7-9-20-17-6-4-3-5-15(16)17/h2-7,13-14,18-20,22H,1,8-12H2/t13-,14+,18+,19-/m1/s1. The third kappa shape index (κ3) is 2.20. The van der Waals surface area contributed by atoms with Gasteiger partial charge in [-0.15, -0.1) is 6.58 Å². The Labute approximate surface area is 132 Å². The molecular formula is C19H24N2O. The van der Waals surface area contributed by atoms with E-state index < -0.39 is 6.10 Å². The first-order valence-corrected chi connectivity index (χ1v) is 8.36. The highest BCUT2D eigenvalue weighted by Gasteiger charge is 2.42. The molecule has 0 radical (unpaired) electrons. The van der Waals surface area contributed by atoms with Gasteiger partial charge in [0.25, 0.3) is 0 Å². The zero-order valence-electron chi connectivity index (χ0n) is 12.9. The number of aliphatic hydroxyl groups is 1. The van der Waals surface area contributed by atoms with E-state index in [0.717, 1.165) is 42.9 Å². The van der Waals surface area contributed by atoms with E-state index in [0.29, 0.717) is 11.8 Å². The summed E-state index contributed by atoms with van der Waals surface area (Å²) >= 11 is 0. The van der Waals surface area contributed by atoms with Crippen LogP contribution < -0.4 is 5.32 Å². The molecular weight excluding hydrogens is 272 g/mol. The van der Waals surface area contributed by atoms with Crippen molar-refractivity contribution in [1.82, 2.24) is 4.90 Å². The van der Waals surface area contributed by atoms with Gasteiger partial charge in [0.2, 0.25) is 0 Å². The zero-order chi connectivity index (χ0) is 15.1. The molecule has 22 heavy (non-hydrogen) atoms. The number of para-hydroxylation sites is 1. The molecule has 4 aliphatic rings. The minimum Gasteiger partial charge on any atom is -0.387 e. The number of hydrogen-bond acceptors (Lipinski definition) is 3. The molecule has 4 aliphatic heterocycles. The molecule has 0 amide bonds. The number of benzene rings is 1. The summed E-state index contributed by atoms with van der Waals surface area (Å²) in [6.07, 6.45) is 6.21. The van der Waals surface area contributed by atoms with E-state index >= 15 is 0 Å². The molecule has 116 valence electrons. The summed E-state index contributed by atoms with van der Waals surface area (Å²) < 4.78 is 0. The van der Waals surface area contributed by atoms with Crippen LogP contribution in [0.15, 0.2) is 43.0 Å². The van der Waals surface area contributed by atoms with Crippen molar-refractivity contribution in [3.8, 4) is 0 Å². The maximum Gasteiger partial charge on any atom is 0.0949 e. The average molecular weight is 296 g/mol. The van der Waals surface area contributed by atoms with E-state index in [9.17, 15) is 5.11 Å². The van der Waals surface area contributed by atoms with Crippen LogP contribution in [0, 0.1) is 11.8 Å². The predicted molar refractivity (Wildman–Crippen MR) is 90.7 cm³/mol. The molecule has 4 heterocycles. The Bertz CT molecular complexity index is 609. The molecule has 0 saturated carbocycles. The van der Waals surface area contributed by atoms with Crippen molar-refractivity contribution in [2.24, 2.45) is 11.8 Å². The lowest BCUT2D eigenvalue weighted by molar-refractivity contribution is -0.0254. The number of hydrogen-bond donors (Lipinski definition) is 2. The number of anilines is 1. The first-order valence-electron chi connectivity index (χ1n) is 8.36. The fourth-order valence-corrected chi connectivity index (χ4v) is 4.46. The number of piperidine rings is 3. The molecule has 3 saturated heterocycles. The van der Waals surface area contributed by atoms with Crippen molar-refractivity contribution in [1.29, 1.82) is 0 Å². The maximum atomic E-state index is 11.1. The summed E-state index contributed by atoms with van der Waals surface area (Å²) in [5.74, 6) is 1.30. The van der Waals surface area contributed by atoms with Crippen LogP contribution >= 0.6 is 0 Å². The fraction of sp³-hybridized carbons (Fsp3) is 0.474. The third-order valence-corrected chi connectivity index (χ3v) is 5.69. The molecule has 5 rings (SSSR count). The molecule has 1 aromatic carbocycles. The van der Waals surface area contributed by atoms with E-state index in [1.165, 1.54) is 6.42 Å². The lowest BCUT2D eigenvalue weighted by atomic mass is 9.73. The molecule has 2 bridgehead atoms. The second-order valence-electron chi connectivity index (χ2n) is 6.78. The monoisotopic (exact) mass is 296 g/mol. The van der Waals surface area contributed by atoms with E-state index in [2.05, 4.69) is 41.1 Å². The Morgan fingerprint density at radius 3 is 3.00 bits per heavy atom. The SMILES string of the molecule is C=C[C@@H]1CN2CC[C@H]1C[C@H]2[C@H](O)C1=CCNc2ccccc21. The number of fused-ring (bicyclic) bond motifs is 4. The van der Waals surface area contributed by atoms with Crippen LogP contribution in [0.3, 0.4) is 0 Å². The van der Waals surface area contributed by atoms with Crippen molar-refractivity contribution in [2.75, 3.05) is 25.0 Å². The Kier molecular flexibility index (Phi) is 3.55. The van der Waals surface area contributed by atoms with Crippen molar-refractivity contribution < 1.29 is 5.11 Å². The topological polar surface area (TPSA) is 35.5 Å². The molecule has 0 aromatic heterocycles. The second kappa shape index (κ2) is 5.56. The number of aliphatic hydroxyl groups excluding tert-OH is 1. The van der Waals surface area contributed by atoms with Gasteiger partial charge in [-0.3, -0.25) is 4.90 Å². The van der Waals surface area contributed by atoms with Crippen molar-refractivity contribution in [3.05, 3.63) is 48.6 Å². The second-order valence-corrected chi connectivity index (χ2v) is 6.78. The molecule has 0 spiro atoms. The number of rotatable bonds is 3. The zero-order valence-corrected chi connectivity index (χ0v) is 12.9. The Hall–Kier alpha value is -1.58. The summed E-state index contributed by atoms with van der Waals surface area (Å²) in [4.78, 5) is 2.47. The van der Waals surface area contributed by atoms with Crippen LogP contribution in [0.25, 0.3) is 5.57 Å². The molecule has 3 heteroatoms. The summed E-state index contributed by atoms with van der Waals surface area (Å²) in [7, 11) is 0. The van der Waals surface area contributed by atoms with Crippen molar-refractivity contribution in [3.63, 3.8) is 0 Å². The third-order valence-electron chi connectivity index (χ3n) is 5.69. The van der Waals surface area contributed by atoms with Gasteiger partial charge in [0.1, 0.15) is 0 Å². The molecule has 3 fully saturated rings. The summed E-state index contributed by atoms with van der Waals surface area (Å²) in [6.45, 7) is 6.96. The molecule has 1 aromatic rings. The first kappa shape index (κ1) is 14.0. The number of nitrogens with one attached hydrogen (secondary N) is 1. The van der Waals surface area contributed by atoms with Crippen LogP contribution in [0.1, 0.15) is 18.4 Å². The highest BCUT2D eigenvalue weighted by molar-refractivity contribution is 5.81. The molecule has 3 nitrogen and oxygen atoms in total. The normalized spacial score (nSPS) is 34.3. The van der Waals surface area contributed by atoms with Gasteiger partial charge in [0.15, 0.2) is 0 Å². The van der Waals surface area contributed by atoms with Crippen LogP contribution in [0.4, 0.5) is 5.69 Å². The van der Waals surface area contributed by atoms with Gasteiger partial charge in [0.05, 0.1) is 6.10 Å². The van der Waals surface area contributed by atoms with Crippen LogP contribution in [-0.4, -0.2) is 41.8 Å². The molecule has 5 atom stereocenters. The lowest BCUT2D eigenvalue weighted by Crippen LogP contribution is -2.57. The van der Waals surface area contributed by atoms with Crippen LogP contribution in [-0.2, 0) is 0 Å². The summed E-state index contributed by atoms with van der Waals surface area (Å²) in [6, 6.07) is 8.55. The van der Waals surface area contributed by atoms with Gasteiger partial charge in [-0.05, 0) is 42.9 Å². The van der Waals surface area contributed by atoms with E-state index in [1.54, 1.807) is 0 Å². The summed E-state index contributed by atoms with van der Waals surface area (Å²) in [5.41, 5.74) is 3.39. The van der Waals surface area contributed by atoms with E-state index in [-0.39, 0.29) is 6.04 Å². The van der Waals surface area contributed by atoms with Gasteiger partial charge in [-0.1, -0.05) is 30.4 Å². The molecule has 1 unspecified atom stereocenters. The fourth-order valence-electron chi connectivity index (χ4n) is 4.46. The van der Waals surface area contributed by atoms with Gasteiger partial charge < -0.3 is 10.4 Å². The Balaban J connectivity index is 1.59. The highest BCUT2D eigenvalue weighted by atomic mass is 16.3. The van der Waals surface area contributed by atoms with Gasteiger partial charge >= 0.3 is 0 Å². The van der Waals surface area contributed by atoms with E-state index in [1.807, 2.05) is 12.1 Å². The predicted octanol–water partition coefficient (Wildman–Crippen LogP) is 2.75. The smallest absolute Gasteiger partial charge is 0.0949 e. The largest absolute Gasteiger partial charge is 0.387 e. The quantitative estimate of drug-likeness (QED) is 0.842. The highest BCUT2D eigenvalue weighted by Crippen LogP contribution is 2.41. The van der Waals surface area contributed by atoms with Crippen molar-refractivity contribution in [2.45, 2.75) is 25.0 Å². The first-order chi connectivity index (χ1) is 10.8. The maximum absolute atomic E-state index is 11.1. The molecule has 0 aliphatic carbocycles. The summed E-state index contributed by atoms with van der Waals surface area (Å²) in [5, 5.41) is 14.4. The van der Waals surface area contributed by atoms with Gasteiger partial charge in [-0.25, -0.2) is 0 Å². The minimum absolute atomic E-state index is 0.257.